The van der Waals surface area contributed by atoms with Gasteiger partial charge in [0, 0.05) is 37.8 Å². The van der Waals surface area contributed by atoms with Crippen LogP contribution >= 0.6 is 11.3 Å². The standard InChI is InChI=1S/C17H18FN3OS/c18-14-4-2-1-3-13(14)16-19-11-15(23-16)17(22)21-9-7-20(8-10-21)12-5-6-12/h1-4,11-12H,5-10H2. The number of thiazole rings is 1. The lowest BCUT2D eigenvalue weighted by molar-refractivity contribution is 0.0632. The molecule has 1 aromatic carbocycles. The Balaban J connectivity index is 1.46. The quantitative estimate of drug-likeness (QED) is 0.868. The van der Waals surface area contributed by atoms with Crippen LogP contribution in [-0.4, -0.2) is 52.9 Å². The lowest BCUT2D eigenvalue weighted by atomic mass is 10.2. The van der Waals surface area contributed by atoms with Gasteiger partial charge in [-0.15, -0.1) is 11.3 Å². The van der Waals surface area contributed by atoms with Crippen molar-refractivity contribution in [2.75, 3.05) is 26.2 Å². The Morgan fingerprint density at radius 3 is 2.61 bits per heavy atom. The fourth-order valence-electron chi connectivity index (χ4n) is 3.02. The Hall–Kier alpha value is -1.79. The topological polar surface area (TPSA) is 36.4 Å². The first kappa shape index (κ1) is 14.8. The van der Waals surface area contributed by atoms with E-state index in [0.29, 0.717) is 15.4 Å². The molecule has 0 spiro atoms. The minimum atomic E-state index is -0.307. The number of amides is 1. The summed E-state index contributed by atoms with van der Waals surface area (Å²) in [6.45, 7) is 3.44. The molecule has 6 heteroatoms. The van der Waals surface area contributed by atoms with E-state index in [4.69, 9.17) is 0 Å². The van der Waals surface area contributed by atoms with E-state index in [2.05, 4.69) is 9.88 Å². The predicted molar refractivity (Wildman–Crippen MR) is 88.0 cm³/mol. The number of hydrogen-bond donors (Lipinski definition) is 0. The highest BCUT2D eigenvalue weighted by Crippen LogP contribution is 2.30. The number of carbonyl (C=O) groups is 1. The normalized spacial score (nSPS) is 19.1. The second-order valence-electron chi connectivity index (χ2n) is 6.07. The zero-order chi connectivity index (χ0) is 15.8. The Morgan fingerprint density at radius 2 is 1.91 bits per heavy atom. The Bertz CT molecular complexity index is 720. The zero-order valence-electron chi connectivity index (χ0n) is 12.7. The number of hydrogen-bond acceptors (Lipinski definition) is 4. The van der Waals surface area contributed by atoms with E-state index in [1.54, 1.807) is 24.4 Å². The third-order valence-electron chi connectivity index (χ3n) is 4.49. The Morgan fingerprint density at radius 1 is 1.17 bits per heavy atom. The van der Waals surface area contributed by atoms with Crippen LogP contribution in [0.3, 0.4) is 0 Å². The Labute approximate surface area is 138 Å². The van der Waals surface area contributed by atoms with E-state index < -0.39 is 0 Å². The smallest absolute Gasteiger partial charge is 0.265 e. The number of carbonyl (C=O) groups excluding carboxylic acids is 1. The third-order valence-corrected chi connectivity index (χ3v) is 5.50. The van der Waals surface area contributed by atoms with Gasteiger partial charge in [-0.05, 0) is 25.0 Å². The van der Waals surface area contributed by atoms with Crippen molar-refractivity contribution in [1.82, 2.24) is 14.8 Å². The van der Waals surface area contributed by atoms with Gasteiger partial charge >= 0.3 is 0 Å². The van der Waals surface area contributed by atoms with Crippen LogP contribution < -0.4 is 0 Å². The van der Waals surface area contributed by atoms with Crippen molar-refractivity contribution in [3.8, 4) is 10.6 Å². The molecule has 4 nitrogen and oxygen atoms in total. The summed E-state index contributed by atoms with van der Waals surface area (Å²) in [5.41, 5.74) is 0.454. The van der Waals surface area contributed by atoms with Crippen molar-refractivity contribution >= 4 is 17.2 Å². The summed E-state index contributed by atoms with van der Waals surface area (Å²) in [5.74, 6) is -0.292. The number of aromatic nitrogens is 1. The maximum atomic E-state index is 13.8. The summed E-state index contributed by atoms with van der Waals surface area (Å²) in [6, 6.07) is 7.28. The molecule has 4 rings (SSSR count). The highest BCUT2D eigenvalue weighted by molar-refractivity contribution is 7.16. The predicted octanol–water partition coefficient (Wildman–Crippen LogP) is 2.87. The lowest BCUT2D eigenvalue weighted by Gasteiger charge is -2.34. The number of benzene rings is 1. The van der Waals surface area contributed by atoms with Crippen LogP contribution in [0.5, 0.6) is 0 Å². The molecule has 0 atom stereocenters. The van der Waals surface area contributed by atoms with Crippen LogP contribution in [0, 0.1) is 5.82 Å². The van der Waals surface area contributed by atoms with Gasteiger partial charge in [-0.25, -0.2) is 9.37 Å². The van der Waals surface area contributed by atoms with Gasteiger partial charge in [-0.3, -0.25) is 9.69 Å². The highest BCUT2D eigenvalue weighted by Gasteiger charge is 2.32. The van der Waals surface area contributed by atoms with Crippen molar-refractivity contribution < 1.29 is 9.18 Å². The van der Waals surface area contributed by atoms with Gasteiger partial charge in [0.05, 0.1) is 6.20 Å². The van der Waals surface area contributed by atoms with Crippen LogP contribution in [0.2, 0.25) is 0 Å². The van der Waals surface area contributed by atoms with Crippen molar-refractivity contribution in [1.29, 1.82) is 0 Å². The van der Waals surface area contributed by atoms with Crippen molar-refractivity contribution in [2.24, 2.45) is 0 Å². The molecule has 1 aliphatic heterocycles. The van der Waals surface area contributed by atoms with E-state index in [1.165, 1.54) is 30.2 Å². The fraction of sp³-hybridized carbons (Fsp3) is 0.412. The summed E-state index contributed by atoms with van der Waals surface area (Å²) in [4.78, 5) is 21.8. The first-order valence-corrected chi connectivity index (χ1v) is 8.78. The summed E-state index contributed by atoms with van der Waals surface area (Å²) < 4.78 is 13.8. The van der Waals surface area contributed by atoms with E-state index in [9.17, 15) is 9.18 Å². The molecule has 0 N–H and O–H groups in total. The minimum Gasteiger partial charge on any atom is -0.335 e. The number of nitrogens with zero attached hydrogens (tertiary/aromatic N) is 3. The summed E-state index contributed by atoms with van der Waals surface area (Å²) in [5, 5.41) is 0.558. The monoisotopic (exact) mass is 331 g/mol. The summed E-state index contributed by atoms with van der Waals surface area (Å²) in [7, 11) is 0. The van der Waals surface area contributed by atoms with Crippen molar-refractivity contribution in [3.05, 3.63) is 41.2 Å². The molecule has 0 bridgehead atoms. The van der Waals surface area contributed by atoms with E-state index in [-0.39, 0.29) is 11.7 Å². The minimum absolute atomic E-state index is 0.0144. The van der Waals surface area contributed by atoms with Crippen LogP contribution in [0.4, 0.5) is 4.39 Å². The molecule has 1 amide bonds. The van der Waals surface area contributed by atoms with Gasteiger partial charge in [-0.1, -0.05) is 12.1 Å². The average Bonchev–Trinajstić information content (AvgIpc) is 3.32. The molecule has 23 heavy (non-hydrogen) atoms. The average molecular weight is 331 g/mol. The number of piperazine rings is 1. The molecule has 2 heterocycles. The van der Waals surface area contributed by atoms with E-state index >= 15 is 0 Å². The third kappa shape index (κ3) is 3.01. The SMILES string of the molecule is O=C(c1cnc(-c2ccccc2F)s1)N1CCN(C2CC2)CC1. The highest BCUT2D eigenvalue weighted by atomic mass is 32.1. The van der Waals surface area contributed by atoms with Crippen molar-refractivity contribution in [3.63, 3.8) is 0 Å². The molecule has 0 unspecified atom stereocenters. The lowest BCUT2D eigenvalue weighted by Crippen LogP contribution is -2.49. The Kier molecular flexibility index (Phi) is 3.87. The second-order valence-corrected chi connectivity index (χ2v) is 7.10. The largest absolute Gasteiger partial charge is 0.335 e. The number of halogens is 1. The molecule has 120 valence electrons. The molecule has 0 radical (unpaired) electrons. The molecule has 2 fully saturated rings. The second kappa shape index (κ2) is 6.02. The van der Waals surface area contributed by atoms with Gasteiger partial charge in [-0.2, -0.15) is 0 Å². The molecule has 1 aliphatic carbocycles. The fourth-order valence-corrected chi connectivity index (χ4v) is 3.93. The first-order chi connectivity index (χ1) is 11.2. The molecule has 2 aliphatic rings. The van der Waals surface area contributed by atoms with Crippen LogP contribution in [0.15, 0.2) is 30.5 Å². The molecule has 1 saturated carbocycles. The maximum Gasteiger partial charge on any atom is 0.265 e. The van der Waals surface area contributed by atoms with Gasteiger partial charge in [0.25, 0.3) is 5.91 Å². The molecular formula is C17H18FN3OS. The maximum absolute atomic E-state index is 13.8. The first-order valence-electron chi connectivity index (χ1n) is 7.96. The number of rotatable bonds is 3. The van der Waals surface area contributed by atoms with Gasteiger partial charge in [0.1, 0.15) is 15.7 Å². The van der Waals surface area contributed by atoms with Crippen LogP contribution in [0.25, 0.3) is 10.6 Å². The van der Waals surface area contributed by atoms with Gasteiger partial charge < -0.3 is 4.90 Å². The van der Waals surface area contributed by atoms with Crippen molar-refractivity contribution in [2.45, 2.75) is 18.9 Å². The molecule has 1 aromatic heterocycles. The van der Waals surface area contributed by atoms with Crippen LogP contribution in [0.1, 0.15) is 22.5 Å². The van der Waals surface area contributed by atoms with E-state index in [1.807, 2.05) is 4.90 Å². The van der Waals surface area contributed by atoms with Gasteiger partial charge in [0.15, 0.2) is 0 Å². The van der Waals surface area contributed by atoms with Crippen LogP contribution in [-0.2, 0) is 0 Å². The van der Waals surface area contributed by atoms with E-state index in [0.717, 1.165) is 32.2 Å². The summed E-state index contributed by atoms with van der Waals surface area (Å²) in [6.07, 6.45) is 4.17. The molecular weight excluding hydrogens is 313 g/mol. The molecule has 2 aromatic rings. The zero-order valence-corrected chi connectivity index (χ0v) is 13.6. The molecule has 1 saturated heterocycles. The van der Waals surface area contributed by atoms with Gasteiger partial charge in [0.2, 0.25) is 0 Å². The summed E-state index contributed by atoms with van der Waals surface area (Å²) >= 11 is 1.27.